The highest BCUT2D eigenvalue weighted by molar-refractivity contribution is 5.97. The molecule has 0 unspecified atom stereocenters. The summed E-state index contributed by atoms with van der Waals surface area (Å²) < 4.78 is 0. The zero-order chi connectivity index (χ0) is 17.8. The third-order valence-electron chi connectivity index (χ3n) is 4.94. The summed E-state index contributed by atoms with van der Waals surface area (Å²) in [6.45, 7) is 8.73. The minimum Gasteiger partial charge on any atom is -0.355 e. The van der Waals surface area contributed by atoms with Gasteiger partial charge in [0, 0.05) is 37.6 Å². The number of rotatable bonds is 4. The Balaban J connectivity index is 1.53. The second-order valence-corrected chi connectivity index (χ2v) is 6.98. The number of carbonyl (C=O) groups excluding carboxylic acids is 1. The highest BCUT2D eigenvalue weighted by Crippen LogP contribution is 2.21. The fourth-order valence-electron chi connectivity index (χ4n) is 3.68. The van der Waals surface area contributed by atoms with Gasteiger partial charge in [-0.1, -0.05) is 17.7 Å². The molecule has 2 heterocycles. The van der Waals surface area contributed by atoms with Crippen LogP contribution in [0.15, 0.2) is 30.7 Å². The van der Waals surface area contributed by atoms with Crippen LogP contribution in [0.25, 0.3) is 0 Å². The van der Waals surface area contributed by atoms with Gasteiger partial charge < -0.3 is 10.2 Å². The summed E-state index contributed by atoms with van der Waals surface area (Å²) in [5, 5.41) is 3.14. The van der Waals surface area contributed by atoms with E-state index in [-0.39, 0.29) is 5.91 Å². The average Bonchev–Trinajstić information content (AvgIpc) is 2.60. The van der Waals surface area contributed by atoms with E-state index >= 15 is 0 Å². The molecule has 0 spiro atoms. The van der Waals surface area contributed by atoms with Gasteiger partial charge in [-0.15, -0.1) is 0 Å². The Morgan fingerprint density at radius 2 is 1.84 bits per heavy atom. The summed E-state index contributed by atoms with van der Waals surface area (Å²) in [5.41, 5.74) is 4.12. The van der Waals surface area contributed by atoms with Crippen molar-refractivity contribution < 1.29 is 4.79 Å². The Hall–Kier alpha value is -2.43. The summed E-state index contributed by atoms with van der Waals surface area (Å²) >= 11 is 0. The molecule has 132 valence electrons. The van der Waals surface area contributed by atoms with Crippen LogP contribution < -0.4 is 10.2 Å². The van der Waals surface area contributed by atoms with Gasteiger partial charge in [-0.3, -0.25) is 9.78 Å². The van der Waals surface area contributed by atoms with Gasteiger partial charge >= 0.3 is 0 Å². The lowest BCUT2D eigenvalue weighted by molar-refractivity contribution is 0.0943. The number of carbonyl (C=O) groups is 1. The molecular formula is C20H26N4O. The minimum absolute atomic E-state index is 0.0476. The van der Waals surface area contributed by atoms with E-state index in [0.29, 0.717) is 5.92 Å². The normalized spacial score (nSPS) is 15.2. The quantitative estimate of drug-likeness (QED) is 0.931. The number of piperidine rings is 1. The molecule has 5 heteroatoms. The second-order valence-electron chi connectivity index (χ2n) is 6.98. The maximum Gasteiger partial charge on any atom is 0.251 e. The highest BCUT2D eigenvalue weighted by Gasteiger charge is 2.21. The molecule has 2 aromatic rings. The van der Waals surface area contributed by atoms with E-state index in [0.717, 1.165) is 55.0 Å². The van der Waals surface area contributed by atoms with Crippen LogP contribution in [0.1, 0.15) is 39.9 Å². The number of nitrogens with zero attached hydrogens (tertiary/aromatic N) is 3. The van der Waals surface area contributed by atoms with Crippen molar-refractivity contribution in [1.82, 2.24) is 15.3 Å². The van der Waals surface area contributed by atoms with E-state index in [4.69, 9.17) is 0 Å². The molecule has 1 aromatic heterocycles. The minimum atomic E-state index is 0.0476. The molecule has 1 amide bonds. The molecule has 3 rings (SSSR count). The van der Waals surface area contributed by atoms with Crippen molar-refractivity contribution in [2.75, 3.05) is 24.5 Å². The number of hydrogen-bond acceptors (Lipinski definition) is 4. The standard InChI is InChI=1S/C20H26N4O/c1-14-10-15(2)19(16(3)11-14)20(25)23-12-17-4-8-24(9-5-17)18-13-21-6-7-22-18/h6-7,10-11,13,17H,4-5,8-9,12H2,1-3H3,(H,23,25). The van der Waals surface area contributed by atoms with Crippen LogP contribution in [0.5, 0.6) is 0 Å². The van der Waals surface area contributed by atoms with Gasteiger partial charge in [0.25, 0.3) is 5.91 Å². The molecular weight excluding hydrogens is 312 g/mol. The van der Waals surface area contributed by atoms with Gasteiger partial charge in [0.05, 0.1) is 6.20 Å². The van der Waals surface area contributed by atoms with E-state index < -0.39 is 0 Å². The Kier molecular flexibility index (Phi) is 5.31. The molecule has 0 bridgehead atoms. The highest BCUT2D eigenvalue weighted by atomic mass is 16.1. The molecule has 1 N–H and O–H groups in total. The molecule has 5 nitrogen and oxygen atoms in total. The van der Waals surface area contributed by atoms with Crippen molar-refractivity contribution in [3.8, 4) is 0 Å². The van der Waals surface area contributed by atoms with Crippen LogP contribution in [0.3, 0.4) is 0 Å². The lowest BCUT2D eigenvalue weighted by Gasteiger charge is -2.32. The zero-order valence-electron chi connectivity index (χ0n) is 15.2. The van der Waals surface area contributed by atoms with Crippen LogP contribution in [0.2, 0.25) is 0 Å². The Morgan fingerprint density at radius 3 is 2.44 bits per heavy atom. The van der Waals surface area contributed by atoms with E-state index in [1.54, 1.807) is 12.4 Å². The van der Waals surface area contributed by atoms with Crippen molar-refractivity contribution in [3.63, 3.8) is 0 Å². The maximum absolute atomic E-state index is 12.6. The Labute approximate surface area is 149 Å². The third-order valence-corrected chi connectivity index (χ3v) is 4.94. The number of anilines is 1. The van der Waals surface area contributed by atoms with Gasteiger partial charge in [-0.25, -0.2) is 4.98 Å². The van der Waals surface area contributed by atoms with Gasteiger partial charge in [0.15, 0.2) is 0 Å². The monoisotopic (exact) mass is 338 g/mol. The zero-order valence-corrected chi connectivity index (χ0v) is 15.2. The van der Waals surface area contributed by atoms with Crippen molar-refractivity contribution in [2.45, 2.75) is 33.6 Å². The van der Waals surface area contributed by atoms with Crippen molar-refractivity contribution >= 4 is 11.7 Å². The number of aryl methyl sites for hydroxylation is 3. The number of benzene rings is 1. The predicted octanol–water partition coefficient (Wildman–Crippen LogP) is 3.05. The predicted molar refractivity (Wildman–Crippen MR) is 100.0 cm³/mol. The third kappa shape index (κ3) is 4.16. The van der Waals surface area contributed by atoms with Gasteiger partial charge in [0.2, 0.25) is 0 Å². The number of aromatic nitrogens is 2. The molecule has 1 saturated heterocycles. The van der Waals surface area contributed by atoms with Gasteiger partial charge in [0.1, 0.15) is 5.82 Å². The van der Waals surface area contributed by atoms with E-state index in [9.17, 15) is 4.79 Å². The fourth-order valence-corrected chi connectivity index (χ4v) is 3.68. The summed E-state index contributed by atoms with van der Waals surface area (Å²) in [7, 11) is 0. The lowest BCUT2D eigenvalue weighted by Crippen LogP contribution is -2.39. The largest absolute Gasteiger partial charge is 0.355 e. The smallest absolute Gasteiger partial charge is 0.251 e. The second kappa shape index (κ2) is 7.64. The van der Waals surface area contributed by atoms with Gasteiger partial charge in [-0.05, 0) is 50.7 Å². The van der Waals surface area contributed by atoms with Crippen LogP contribution in [0.4, 0.5) is 5.82 Å². The summed E-state index contributed by atoms with van der Waals surface area (Å²) in [6.07, 6.45) is 7.35. The SMILES string of the molecule is Cc1cc(C)c(C(=O)NCC2CCN(c3cnccn3)CC2)c(C)c1. The topological polar surface area (TPSA) is 58.1 Å². The number of nitrogens with one attached hydrogen (secondary N) is 1. The first-order valence-corrected chi connectivity index (χ1v) is 8.91. The molecule has 1 aliphatic rings. The van der Waals surface area contributed by atoms with E-state index in [1.807, 2.05) is 20.0 Å². The number of hydrogen-bond donors (Lipinski definition) is 1. The first-order chi connectivity index (χ1) is 12.0. The van der Waals surface area contributed by atoms with Crippen LogP contribution >= 0.6 is 0 Å². The van der Waals surface area contributed by atoms with Crippen molar-refractivity contribution in [3.05, 3.63) is 53.0 Å². The molecule has 1 fully saturated rings. The van der Waals surface area contributed by atoms with Gasteiger partial charge in [-0.2, -0.15) is 0 Å². The fraction of sp³-hybridized carbons (Fsp3) is 0.450. The lowest BCUT2D eigenvalue weighted by atomic mass is 9.95. The van der Waals surface area contributed by atoms with Crippen LogP contribution in [0, 0.1) is 26.7 Å². The molecule has 0 radical (unpaired) electrons. The molecule has 25 heavy (non-hydrogen) atoms. The molecule has 0 aliphatic carbocycles. The number of amides is 1. The first-order valence-electron chi connectivity index (χ1n) is 8.91. The van der Waals surface area contributed by atoms with Crippen molar-refractivity contribution in [2.24, 2.45) is 5.92 Å². The van der Waals surface area contributed by atoms with Crippen molar-refractivity contribution in [1.29, 1.82) is 0 Å². The summed E-state index contributed by atoms with van der Waals surface area (Å²) in [4.78, 5) is 23.3. The van der Waals surface area contributed by atoms with E-state index in [1.165, 1.54) is 5.56 Å². The van der Waals surface area contributed by atoms with E-state index in [2.05, 4.69) is 39.2 Å². The molecule has 1 aromatic carbocycles. The first kappa shape index (κ1) is 17.4. The maximum atomic E-state index is 12.6. The molecule has 1 aliphatic heterocycles. The molecule has 0 atom stereocenters. The average molecular weight is 338 g/mol. The summed E-state index contributed by atoms with van der Waals surface area (Å²) in [5.74, 6) is 1.50. The van der Waals surface area contributed by atoms with Crippen LogP contribution in [-0.2, 0) is 0 Å². The summed E-state index contributed by atoms with van der Waals surface area (Å²) in [6, 6.07) is 4.14. The molecule has 0 saturated carbocycles. The van der Waals surface area contributed by atoms with Crippen LogP contribution in [-0.4, -0.2) is 35.5 Å². The Bertz CT molecular complexity index is 714. The Morgan fingerprint density at radius 1 is 1.16 bits per heavy atom.